The molecule has 4 aromatic carbocycles. The van der Waals surface area contributed by atoms with Gasteiger partial charge < -0.3 is 4.74 Å². The first-order valence-corrected chi connectivity index (χ1v) is 16.2. The topological polar surface area (TPSA) is 77.5 Å². The molecule has 0 aromatic heterocycles. The second-order valence-corrected chi connectivity index (χ2v) is 15.1. The maximum absolute atomic E-state index is 13.2. The van der Waals surface area contributed by atoms with Gasteiger partial charge in [-0.25, -0.2) is 16.8 Å². The summed E-state index contributed by atoms with van der Waals surface area (Å²) in [7, 11) is -7.30. The van der Waals surface area contributed by atoms with Crippen molar-refractivity contribution < 1.29 is 21.6 Å². The van der Waals surface area contributed by atoms with Gasteiger partial charge in [-0.3, -0.25) is 0 Å². The summed E-state index contributed by atoms with van der Waals surface area (Å²) in [4.78, 5) is 0.887. The van der Waals surface area contributed by atoms with Gasteiger partial charge in [0.25, 0.3) is 0 Å². The van der Waals surface area contributed by atoms with Crippen molar-refractivity contribution in [2.24, 2.45) is 0 Å². The molecule has 210 valence electrons. The zero-order chi connectivity index (χ0) is 29.3. The van der Waals surface area contributed by atoms with E-state index in [0.29, 0.717) is 5.75 Å². The van der Waals surface area contributed by atoms with Gasteiger partial charge in [0.05, 0.1) is 19.6 Å². The molecule has 0 fully saturated rings. The van der Waals surface area contributed by atoms with E-state index in [-0.39, 0.29) is 25.0 Å². The summed E-state index contributed by atoms with van der Waals surface area (Å²) in [5, 5.41) is 0. The molecule has 0 saturated carbocycles. The fourth-order valence-electron chi connectivity index (χ4n) is 4.35. The van der Waals surface area contributed by atoms with E-state index in [2.05, 4.69) is 20.8 Å². The molecule has 0 radical (unpaired) electrons. The third-order valence-electron chi connectivity index (χ3n) is 7.53. The van der Waals surface area contributed by atoms with Crippen LogP contribution in [-0.2, 0) is 30.7 Å². The van der Waals surface area contributed by atoms with Gasteiger partial charge >= 0.3 is 0 Å². The van der Waals surface area contributed by atoms with Crippen LogP contribution in [0.5, 0.6) is 5.75 Å². The van der Waals surface area contributed by atoms with E-state index in [4.69, 9.17) is 4.74 Å². The first kappa shape index (κ1) is 29.6. The van der Waals surface area contributed by atoms with Crippen LogP contribution in [-0.4, -0.2) is 16.8 Å². The Hall–Kier alpha value is -3.42. The van der Waals surface area contributed by atoms with Gasteiger partial charge in [-0.05, 0) is 104 Å². The highest BCUT2D eigenvalue weighted by molar-refractivity contribution is 7.91. The predicted molar refractivity (Wildman–Crippen MR) is 158 cm³/mol. The number of hydrogen-bond acceptors (Lipinski definition) is 5. The predicted octanol–water partition coefficient (Wildman–Crippen LogP) is 7.66. The van der Waals surface area contributed by atoms with Crippen molar-refractivity contribution in [3.63, 3.8) is 0 Å². The Morgan fingerprint density at radius 2 is 0.900 bits per heavy atom. The molecule has 0 bridgehead atoms. The Morgan fingerprint density at radius 3 is 1.30 bits per heavy atom. The van der Waals surface area contributed by atoms with Gasteiger partial charge in [-0.1, -0.05) is 62.7 Å². The van der Waals surface area contributed by atoms with Crippen LogP contribution in [0.15, 0.2) is 117 Å². The maximum atomic E-state index is 13.2. The SMILES string of the molecule is CCC(C)(C)c1ccc(S(=O)(=O)c2ccc(OC(C)(C)c3ccc(S(=O)(=O)c4ccc(C)cc4)cc3)cc2)cc1. The van der Waals surface area contributed by atoms with Gasteiger partial charge in [0.15, 0.2) is 0 Å². The van der Waals surface area contributed by atoms with E-state index in [0.717, 1.165) is 23.1 Å². The molecule has 0 atom stereocenters. The second-order valence-electron chi connectivity index (χ2n) is 11.2. The highest BCUT2D eigenvalue weighted by Crippen LogP contribution is 2.32. The Labute approximate surface area is 238 Å². The molecule has 40 heavy (non-hydrogen) atoms. The third-order valence-corrected chi connectivity index (χ3v) is 11.1. The lowest BCUT2D eigenvalue weighted by atomic mass is 9.82. The minimum atomic E-state index is -3.68. The molecule has 0 unspecified atom stereocenters. The van der Waals surface area contributed by atoms with Crippen LogP contribution in [0.1, 0.15) is 57.7 Å². The number of sulfone groups is 2. The standard InChI is InChI=1S/C33H36O5S2/c1-7-32(3,4)25-10-18-29(19-11-25)40(36,37)31-22-14-27(15-23-31)38-33(5,6)26-12-20-30(21-13-26)39(34,35)28-16-8-24(2)9-17-28/h8-23H,7H2,1-6H3. The summed E-state index contributed by atoms with van der Waals surface area (Å²) in [6.45, 7) is 12.0. The molecule has 7 heteroatoms. The smallest absolute Gasteiger partial charge is 0.206 e. The average Bonchev–Trinajstić information content (AvgIpc) is 2.93. The van der Waals surface area contributed by atoms with Crippen LogP contribution in [0.3, 0.4) is 0 Å². The molecule has 0 spiro atoms. The molecule has 0 saturated heterocycles. The van der Waals surface area contributed by atoms with Crippen molar-refractivity contribution in [2.45, 2.75) is 78.6 Å². The normalized spacial score (nSPS) is 12.8. The Balaban J connectivity index is 1.50. The largest absolute Gasteiger partial charge is 0.483 e. The van der Waals surface area contributed by atoms with Gasteiger partial charge in [-0.15, -0.1) is 0 Å². The summed E-state index contributed by atoms with van der Waals surface area (Å²) in [6.07, 6.45) is 0.952. The Kier molecular flexibility index (Phi) is 8.03. The van der Waals surface area contributed by atoms with Crippen molar-refractivity contribution in [3.05, 3.63) is 114 Å². The van der Waals surface area contributed by atoms with Gasteiger partial charge in [0.1, 0.15) is 11.4 Å². The zero-order valence-corrected chi connectivity index (χ0v) is 25.4. The van der Waals surface area contributed by atoms with E-state index < -0.39 is 25.3 Å². The number of rotatable bonds is 9. The molecule has 0 aliphatic rings. The molecule has 0 heterocycles. The first-order chi connectivity index (χ1) is 18.7. The molecular formula is C33H36O5S2. The highest BCUT2D eigenvalue weighted by Gasteiger charge is 2.26. The number of hydrogen-bond donors (Lipinski definition) is 0. The fraction of sp³-hybridized carbons (Fsp3) is 0.273. The van der Waals surface area contributed by atoms with Crippen LogP contribution in [0.2, 0.25) is 0 Å². The van der Waals surface area contributed by atoms with Crippen molar-refractivity contribution in [1.82, 2.24) is 0 Å². The maximum Gasteiger partial charge on any atom is 0.206 e. The van der Waals surface area contributed by atoms with E-state index in [1.54, 1.807) is 84.9 Å². The Morgan fingerprint density at radius 1 is 0.550 bits per heavy atom. The van der Waals surface area contributed by atoms with Gasteiger partial charge in [0.2, 0.25) is 19.7 Å². The Bertz CT molecular complexity index is 1680. The first-order valence-electron chi connectivity index (χ1n) is 13.2. The van der Waals surface area contributed by atoms with Crippen LogP contribution < -0.4 is 4.74 Å². The van der Waals surface area contributed by atoms with Crippen LogP contribution in [0.4, 0.5) is 0 Å². The molecule has 5 nitrogen and oxygen atoms in total. The second kappa shape index (κ2) is 10.9. The van der Waals surface area contributed by atoms with Gasteiger partial charge in [-0.2, -0.15) is 0 Å². The monoisotopic (exact) mass is 576 g/mol. The summed E-state index contributed by atoms with van der Waals surface area (Å²) in [6, 6.07) is 26.9. The van der Waals surface area contributed by atoms with Crippen molar-refractivity contribution >= 4 is 19.7 Å². The number of ether oxygens (including phenoxy) is 1. The van der Waals surface area contributed by atoms with E-state index in [1.165, 1.54) is 0 Å². The minimum Gasteiger partial charge on any atom is -0.483 e. The van der Waals surface area contributed by atoms with E-state index in [9.17, 15) is 16.8 Å². The quantitative estimate of drug-likeness (QED) is 0.204. The highest BCUT2D eigenvalue weighted by atomic mass is 32.2. The molecule has 0 amide bonds. The van der Waals surface area contributed by atoms with E-state index >= 15 is 0 Å². The molecular weight excluding hydrogens is 540 g/mol. The molecule has 0 N–H and O–H groups in total. The number of aryl methyl sites for hydroxylation is 1. The molecule has 4 rings (SSSR count). The van der Waals surface area contributed by atoms with E-state index in [1.807, 2.05) is 32.9 Å². The summed E-state index contributed by atoms with van der Waals surface area (Å²) in [5.74, 6) is 0.500. The lowest BCUT2D eigenvalue weighted by Gasteiger charge is -2.27. The van der Waals surface area contributed by atoms with Crippen LogP contribution >= 0.6 is 0 Å². The average molecular weight is 577 g/mol. The van der Waals surface area contributed by atoms with Crippen molar-refractivity contribution in [3.8, 4) is 5.75 Å². The third kappa shape index (κ3) is 6.01. The summed E-state index contributed by atoms with van der Waals surface area (Å²) < 4.78 is 58.7. The summed E-state index contributed by atoms with van der Waals surface area (Å²) in [5.41, 5.74) is 2.05. The lowest BCUT2D eigenvalue weighted by Crippen LogP contribution is -2.25. The molecule has 0 aliphatic carbocycles. The fourth-order valence-corrected chi connectivity index (χ4v) is 6.88. The minimum absolute atomic E-state index is 0.0241. The van der Waals surface area contributed by atoms with Gasteiger partial charge in [0, 0.05) is 0 Å². The van der Waals surface area contributed by atoms with Crippen molar-refractivity contribution in [2.75, 3.05) is 0 Å². The van der Waals surface area contributed by atoms with Crippen LogP contribution in [0, 0.1) is 6.92 Å². The lowest BCUT2D eigenvalue weighted by molar-refractivity contribution is 0.108. The zero-order valence-electron chi connectivity index (χ0n) is 23.8. The van der Waals surface area contributed by atoms with Crippen molar-refractivity contribution in [1.29, 1.82) is 0 Å². The molecule has 0 aliphatic heterocycles. The number of benzene rings is 4. The van der Waals surface area contributed by atoms with Crippen LogP contribution in [0.25, 0.3) is 0 Å². The molecule has 4 aromatic rings. The summed E-state index contributed by atoms with van der Waals surface area (Å²) >= 11 is 0.